The molecule has 24 heavy (non-hydrogen) atoms. The monoisotopic (exact) mass is 448 g/mol. The minimum Gasteiger partial charge on any atom is -0.426 e. The number of ether oxygens (including phenoxy) is 2. The highest BCUT2D eigenvalue weighted by molar-refractivity contribution is 9.10. The minimum absolute atomic E-state index is 0.0651. The molecule has 4 nitrogen and oxygen atoms in total. The van der Waals surface area contributed by atoms with Gasteiger partial charge in [-0.05, 0) is 36.4 Å². The summed E-state index contributed by atoms with van der Waals surface area (Å²) in [5.41, 5.74) is 1.94. The van der Waals surface area contributed by atoms with Crippen molar-refractivity contribution < 1.29 is 19.1 Å². The number of halogens is 2. The van der Waals surface area contributed by atoms with E-state index >= 15 is 0 Å². The Morgan fingerprint density at radius 2 is 1.08 bits per heavy atom. The third-order valence-electron chi connectivity index (χ3n) is 5.17. The summed E-state index contributed by atoms with van der Waals surface area (Å²) < 4.78 is 12.8. The van der Waals surface area contributed by atoms with Gasteiger partial charge in [-0.25, -0.2) is 0 Å². The molecule has 1 aliphatic carbocycles. The lowest BCUT2D eigenvalue weighted by Gasteiger charge is -2.53. The Morgan fingerprint density at radius 1 is 0.667 bits per heavy atom. The molecule has 3 aliphatic rings. The van der Waals surface area contributed by atoms with Gasteiger partial charge in [0.1, 0.15) is 11.5 Å². The average molecular weight is 450 g/mol. The van der Waals surface area contributed by atoms with Crippen molar-refractivity contribution in [2.45, 2.75) is 11.8 Å². The molecule has 0 N–H and O–H groups in total. The Labute approximate surface area is 154 Å². The van der Waals surface area contributed by atoms with Crippen LogP contribution in [-0.4, -0.2) is 11.9 Å². The van der Waals surface area contributed by atoms with Crippen molar-refractivity contribution in [2.75, 3.05) is 0 Å². The third-order valence-corrected chi connectivity index (χ3v) is 6.16. The topological polar surface area (TPSA) is 52.6 Å². The van der Waals surface area contributed by atoms with Gasteiger partial charge in [-0.15, -0.1) is 0 Å². The number of fused-ring (bicyclic) bond motifs is 8. The molecule has 5 rings (SSSR count). The van der Waals surface area contributed by atoms with Crippen LogP contribution in [0.25, 0.3) is 0 Å². The minimum atomic E-state index is -0.476. The summed E-state index contributed by atoms with van der Waals surface area (Å²) in [6, 6.07) is 11.2. The molecule has 2 heterocycles. The molecule has 1 saturated carbocycles. The molecule has 2 aromatic rings. The van der Waals surface area contributed by atoms with Crippen LogP contribution in [-0.2, 0) is 9.59 Å². The molecule has 0 unspecified atom stereocenters. The normalized spacial score (nSPS) is 29.2. The van der Waals surface area contributed by atoms with Gasteiger partial charge >= 0.3 is 11.9 Å². The van der Waals surface area contributed by atoms with E-state index in [4.69, 9.17) is 9.47 Å². The molecule has 0 saturated heterocycles. The van der Waals surface area contributed by atoms with Crippen molar-refractivity contribution >= 4 is 43.8 Å². The lowest BCUT2D eigenvalue weighted by Crippen LogP contribution is -2.57. The highest BCUT2D eigenvalue weighted by Gasteiger charge is 2.64. The highest BCUT2D eigenvalue weighted by atomic mass is 79.9. The van der Waals surface area contributed by atoms with Crippen LogP contribution in [0.4, 0.5) is 0 Å². The van der Waals surface area contributed by atoms with Crippen LogP contribution in [0.15, 0.2) is 45.3 Å². The molecule has 0 radical (unpaired) electrons. The van der Waals surface area contributed by atoms with Crippen LogP contribution in [0.2, 0.25) is 0 Å². The van der Waals surface area contributed by atoms with Crippen molar-refractivity contribution in [3.63, 3.8) is 0 Å². The van der Waals surface area contributed by atoms with Gasteiger partial charge in [0.25, 0.3) is 0 Å². The number of esters is 2. The molecule has 0 amide bonds. The van der Waals surface area contributed by atoms with E-state index in [2.05, 4.69) is 31.9 Å². The van der Waals surface area contributed by atoms with Gasteiger partial charge < -0.3 is 9.47 Å². The number of carbonyl (C=O) groups excluding carboxylic acids is 2. The number of rotatable bonds is 0. The molecule has 4 atom stereocenters. The molecule has 0 aromatic heterocycles. The molecule has 2 aromatic carbocycles. The second-order valence-corrected chi connectivity index (χ2v) is 8.14. The quantitative estimate of drug-likeness (QED) is 0.447. The molecule has 2 aliphatic heterocycles. The van der Waals surface area contributed by atoms with Crippen LogP contribution in [0.1, 0.15) is 23.0 Å². The summed E-state index contributed by atoms with van der Waals surface area (Å²) in [5, 5.41) is 0. The first-order valence-electron chi connectivity index (χ1n) is 7.57. The second-order valence-electron chi connectivity index (χ2n) is 6.31. The zero-order chi connectivity index (χ0) is 16.6. The molecular weight excluding hydrogens is 440 g/mol. The fourth-order valence-corrected chi connectivity index (χ4v) is 4.96. The van der Waals surface area contributed by atoms with Crippen LogP contribution in [0.5, 0.6) is 11.5 Å². The van der Waals surface area contributed by atoms with E-state index in [1.165, 1.54) is 0 Å². The largest absolute Gasteiger partial charge is 0.426 e. The first-order chi connectivity index (χ1) is 11.5. The SMILES string of the molecule is O=C1Oc2ccc(Br)cc2[C@@H]2[C@H]1[C@@H]1C(=O)Oc3ccc(Br)cc3[C@@H]12. The van der Waals surface area contributed by atoms with Crippen molar-refractivity contribution in [2.24, 2.45) is 11.8 Å². The van der Waals surface area contributed by atoms with Gasteiger partial charge in [-0.1, -0.05) is 31.9 Å². The van der Waals surface area contributed by atoms with E-state index in [0.29, 0.717) is 11.5 Å². The molecule has 0 spiro atoms. The van der Waals surface area contributed by atoms with E-state index in [9.17, 15) is 9.59 Å². The van der Waals surface area contributed by atoms with Crippen molar-refractivity contribution in [1.29, 1.82) is 0 Å². The predicted molar refractivity (Wildman–Crippen MR) is 92.0 cm³/mol. The Kier molecular flexibility index (Phi) is 3.01. The van der Waals surface area contributed by atoms with Crippen LogP contribution in [0, 0.1) is 11.8 Å². The molecule has 0 bridgehead atoms. The summed E-state index contributed by atoms with van der Waals surface area (Å²) in [5.74, 6) is -0.600. The maximum atomic E-state index is 12.4. The van der Waals surface area contributed by atoms with Gasteiger partial charge in [0.15, 0.2) is 0 Å². The van der Waals surface area contributed by atoms with Crippen LogP contribution in [0.3, 0.4) is 0 Å². The highest BCUT2D eigenvalue weighted by Crippen LogP contribution is 2.64. The maximum Gasteiger partial charge on any atom is 0.315 e. The first-order valence-corrected chi connectivity index (χ1v) is 9.15. The number of hydrogen-bond acceptors (Lipinski definition) is 4. The van der Waals surface area contributed by atoms with Crippen molar-refractivity contribution in [3.8, 4) is 11.5 Å². The lowest BCUT2D eigenvalue weighted by atomic mass is 9.51. The number of carbonyl (C=O) groups is 2. The fourth-order valence-electron chi connectivity index (χ4n) is 4.21. The lowest BCUT2D eigenvalue weighted by molar-refractivity contribution is -0.165. The number of hydrogen-bond donors (Lipinski definition) is 0. The molecule has 6 heteroatoms. The van der Waals surface area contributed by atoms with Gasteiger partial charge in [-0.2, -0.15) is 0 Å². The first kappa shape index (κ1) is 14.7. The zero-order valence-corrected chi connectivity index (χ0v) is 15.3. The Morgan fingerprint density at radius 3 is 1.50 bits per heavy atom. The van der Waals surface area contributed by atoms with Gasteiger partial charge in [-0.3, -0.25) is 9.59 Å². The van der Waals surface area contributed by atoms with Crippen molar-refractivity contribution in [3.05, 3.63) is 56.5 Å². The molecule has 1 fully saturated rings. The summed E-state index contributed by atoms with van der Waals surface area (Å²) in [6.07, 6.45) is 0. The zero-order valence-electron chi connectivity index (χ0n) is 12.2. The van der Waals surface area contributed by atoms with Crippen LogP contribution < -0.4 is 9.47 Å². The average Bonchev–Trinajstić information content (AvgIpc) is 2.50. The fraction of sp³-hybridized carbons (Fsp3) is 0.222. The van der Waals surface area contributed by atoms with Gasteiger partial charge in [0, 0.05) is 31.9 Å². The predicted octanol–water partition coefficient (Wildman–Crippen LogP) is 4.16. The Bertz CT molecular complexity index is 848. The van der Waals surface area contributed by atoms with Gasteiger partial charge in [0.2, 0.25) is 0 Å². The van der Waals surface area contributed by atoms with E-state index < -0.39 is 11.8 Å². The summed E-state index contributed by atoms with van der Waals surface area (Å²) in [6.45, 7) is 0. The van der Waals surface area contributed by atoms with Crippen molar-refractivity contribution in [1.82, 2.24) is 0 Å². The summed E-state index contributed by atoms with van der Waals surface area (Å²) >= 11 is 6.96. The Balaban J connectivity index is 1.71. The third kappa shape index (κ3) is 1.84. The van der Waals surface area contributed by atoms with E-state index in [1.807, 2.05) is 24.3 Å². The second kappa shape index (κ2) is 4.92. The smallest absolute Gasteiger partial charge is 0.315 e. The number of benzene rings is 2. The maximum absolute atomic E-state index is 12.4. The molecule has 120 valence electrons. The van der Waals surface area contributed by atoms with E-state index in [0.717, 1.165) is 20.1 Å². The standard InChI is InChI=1S/C18H10Br2O4/c19-7-1-3-11-9(5-7)13-14-10-6-8(20)2-4-12(10)24-18(22)16(14)15(13)17(21)23-11/h1-6,13-16H/t13-,14+,15-,16+. The van der Waals surface area contributed by atoms with E-state index in [1.54, 1.807) is 12.1 Å². The van der Waals surface area contributed by atoms with Gasteiger partial charge in [0.05, 0.1) is 11.8 Å². The summed E-state index contributed by atoms with van der Waals surface area (Å²) in [4.78, 5) is 24.9. The Hall–Kier alpha value is -1.66. The van der Waals surface area contributed by atoms with Crippen LogP contribution >= 0.6 is 31.9 Å². The summed E-state index contributed by atoms with van der Waals surface area (Å²) in [7, 11) is 0. The molecular formula is C18H10Br2O4. The van der Waals surface area contributed by atoms with E-state index in [-0.39, 0.29) is 23.8 Å².